The smallest absolute Gasteiger partial charge is 0.0961 e. The van der Waals surface area contributed by atoms with E-state index in [0.717, 1.165) is 18.0 Å². The van der Waals surface area contributed by atoms with Gasteiger partial charge in [-0.1, -0.05) is 29.7 Å². The lowest BCUT2D eigenvalue weighted by atomic mass is 9.50. The van der Waals surface area contributed by atoms with Gasteiger partial charge in [0.05, 0.1) is 7.17 Å². The first-order chi connectivity index (χ1) is 6.40. The molecule has 0 amide bonds. The van der Waals surface area contributed by atoms with Crippen LogP contribution in [0.3, 0.4) is 0 Å². The van der Waals surface area contributed by atoms with Gasteiger partial charge in [0.15, 0.2) is 0 Å². The van der Waals surface area contributed by atoms with Crippen LogP contribution in [0.1, 0.15) is 18.4 Å². The first-order valence-electron chi connectivity index (χ1n) is 4.76. The molecule has 1 aromatic rings. The quantitative estimate of drug-likeness (QED) is 0.639. The number of nitrogens with one attached hydrogen (secondary N) is 1. The van der Waals surface area contributed by atoms with Crippen LogP contribution in [0.4, 0.5) is 0 Å². The maximum Gasteiger partial charge on any atom is 0.0961 e. The molecule has 1 N–H and O–H groups in total. The highest BCUT2D eigenvalue weighted by atomic mass is 14.9. The monoisotopic (exact) mass is 168 g/mol. The molecule has 1 fully saturated rings. The Morgan fingerprint density at radius 2 is 2.15 bits per heavy atom. The van der Waals surface area contributed by atoms with Gasteiger partial charge in [-0.25, -0.2) is 0 Å². The molecule has 0 saturated heterocycles. The normalized spacial score (nSPS) is 15.7. The largest absolute Gasteiger partial charge is 0.310 e. The van der Waals surface area contributed by atoms with Gasteiger partial charge in [-0.2, -0.15) is 0 Å². The zero-order valence-corrected chi connectivity index (χ0v) is 7.66. The molecule has 13 heavy (non-hydrogen) atoms. The number of rotatable bonds is 4. The van der Waals surface area contributed by atoms with Gasteiger partial charge in [0.2, 0.25) is 0 Å². The molecule has 1 aliphatic carbocycles. The van der Waals surface area contributed by atoms with E-state index >= 15 is 0 Å². The summed E-state index contributed by atoms with van der Waals surface area (Å²) in [5, 5.41) is 3.47. The third-order valence-electron chi connectivity index (χ3n) is 2.39. The van der Waals surface area contributed by atoms with Crippen molar-refractivity contribution in [1.82, 2.24) is 5.32 Å². The first-order valence-corrected chi connectivity index (χ1v) is 4.76. The predicted molar refractivity (Wildman–Crippen MR) is 57.4 cm³/mol. The van der Waals surface area contributed by atoms with Crippen molar-refractivity contribution >= 4 is 20.4 Å². The van der Waals surface area contributed by atoms with Crippen LogP contribution < -0.4 is 10.8 Å². The molecular weight excluding hydrogens is 156 g/mol. The Morgan fingerprint density at radius 1 is 1.38 bits per heavy atom. The second-order valence-corrected chi connectivity index (χ2v) is 3.52. The molecule has 0 aliphatic heterocycles. The van der Waals surface area contributed by atoms with Gasteiger partial charge < -0.3 is 5.32 Å². The van der Waals surface area contributed by atoms with Crippen molar-refractivity contribution in [3.05, 3.63) is 29.8 Å². The summed E-state index contributed by atoms with van der Waals surface area (Å²) in [4.78, 5) is 0. The van der Waals surface area contributed by atoms with E-state index in [1.165, 1.54) is 18.4 Å². The van der Waals surface area contributed by atoms with E-state index in [-0.39, 0.29) is 0 Å². The maximum atomic E-state index is 5.52. The van der Waals surface area contributed by atoms with Gasteiger partial charge in [-0.3, -0.25) is 0 Å². The Balaban J connectivity index is 1.99. The summed E-state index contributed by atoms with van der Waals surface area (Å²) in [5.74, 6) is 0. The lowest BCUT2D eigenvalue weighted by Gasteiger charge is -2.07. The van der Waals surface area contributed by atoms with E-state index in [0.29, 0.717) is 0 Å². The molecule has 0 spiro atoms. The Bertz CT molecular complexity index is 284. The molecule has 1 aromatic carbocycles. The predicted octanol–water partition coefficient (Wildman–Crippen LogP) is 0.352. The Hall–Kier alpha value is -0.690. The van der Waals surface area contributed by atoms with Crippen LogP contribution in [0.5, 0.6) is 0 Å². The minimum atomic E-state index is 0.755. The topological polar surface area (TPSA) is 12.0 Å². The van der Waals surface area contributed by atoms with Gasteiger partial charge in [-0.15, -0.1) is 0 Å². The summed E-state index contributed by atoms with van der Waals surface area (Å²) >= 11 is 0. The van der Waals surface area contributed by atoms with Crippen LogP contribution in [0.25, 0.3) is 0 Å². The third-order valence-corrected chi connectivity index (χ3v) is 2.39. The summed E-state index contributed by atoms with van der Waals surface area (Å²) in [7, 11) is 7.19. The van der Waals surface area contributed by atoms with Crippen molar-refractivity contribution in [3.63, 3.8) is 0 Å². The zero-order chi connectivity index (χ0) is 9.10. The second-order valence-electron chi connectivity index (χ2n) is 3.52. The molecule has 3 radical (unpaired) electrons. The van der Waals surface area contributed by atoms with Crippen LogP contribution in [0.15, 0.2) is 24.3 Å². The lowest BCUT2D eigenvalue weighted by molar-refractivity contribution is 0.690. The van der Waals surface area contributed by atoms with Crippen molar-refractivity contribution < 1.29 is 0 Å². The number of hydrogen-bond acceptors (Lipinski definition) is 1. The van der Waals surface area contributed by atoms with Crippen LogP contribution in [-0.4, -0.2) is 20.9 Å². The van der Waals surface area contributed by atoms with Crippen LogP contribution in [0, 0.1) is 0 Å². The lowest BCUT2D eigenvalue weighted by Crippen LogP contribution is -2.25. The van der Waals surface area contributed by atoms with Crippen molar-refractivity contribution in [2.45, 2.75) is 25.4 Å². The van der Waals surface area contributed by atoms with Crippen LogP contribution in [0.2, 0.25) is 0 Å². The number of benzene rings is 1. The highest BCUT2D eigenvalue weighted by Gasteiger charge is 2.20. The Morgan fingerprint density at radius 3 is 2.85 bits per heavy atom. The van der Waals surface area contributed by atoms with Crippen LogP contribution in [-0.2, 0) is 6.54 Å². The Labute approximate surface area is 81.6 Å². The van der Waals surface area contributed by atoms with Crippen LogP contribution >= 0.6 is 0 Å². The summed E-state index contributed by atoms with van der Waals surface area (Å²) < 4.78 is 0. The van der Waals surface area contributed by atoms with E-state index in [9.17, 15) is 0 Å². The van der Waals surface area contributed by atoms with Gasteiger partial charge >= 0.3 is 0 Å². The highest BCUT2D eigenvalue weighted by Crippen LogP contribution is 2.18. The Kier molecular flexibility index (Phi) is 2.74. The summed E-state index contributed by atoms with van der Waals surface area (Å²) in [5.41, 5.74) is 2.42. The average Bonchev–Trinajstić information content (AvgIpc) is 2.99. The molecule has 1 nitrogen and oxygen atoms in total. The minimum absolute atomic E-state index is 0.755. The standard InChI is InChI=1S/C10H12B2N/c11-12-10-4-2-1-3-8(10)7-13-9-5-6-9/h1-4,9,13H,5-7H2. The molecule has 63 valence electrons. The molecule has 0 bridgehead atoms. The molecule has 0 aromatic heterocycles. The molecule has 0 heterocycles. The SMILES string of the molecule is [B][B]c1ccccc1CNC1CC1. The molecule has 1 saturated carbocycles. The fraction of sp³-hybridized carbons (Fsp3) is 0.400. The second kappa shape index (κ2) is 4.01. The zero-order valence-electron chi connectivity index (χ0n) is 7.66. The first kappa shape index (κ1) is 8.89. The van der Waals surface area contributed by atoms with Gasteiger partial charge in [-0.05, 0) is 18.4 Å². The summed E-state index contributed by atoms with van der Waals surface area (Å²) in [6.07, 6.45) is 2.66. The van der Waals surface area contributed by atoms with Crippen molar-refractivity contribution in [3.8, 4) is 0 Å². The molecular formula is C10H12B2N. The van der Waals surface area contributed by atoms with Gasteiger partial charge in [0, 0.05) is 20.3 Å². The number of hydrogen-bond donors (Lipinski definition) is 1. The summed E-state index contributed by atoms with van der Waals surface area (Å²) in [6.45, 7) is 0.939. The maximum absolute atomic E-state index is 5.52. The summed E-state index contributed by atoms with van der Waals surface area (Å²) in [6, 6.07) is 8.99. The van der Waals surface area contributed by atoms with E-state index < -0.39 is 0 Å². The fourth-order valence-electron chi connectivity index (χ4n) is 1.40. The van der Waals surface area contributed by atoms with Crippen molar-refractivity contribution in [2.75, 3.05) is 0 Å². The van der Waals surface area contributed by atoms with Crippen molar-refractivity contribution in [2.24, 2.45) is 0 Å². The minimum Gasteiger partial charge on any atom is -0.310 e. The average molecular weight is 168 g/mol. The molecule has 1 aliphatic rings. The van der Waals surface area contributed by atoms with Gasteiger partial charge in [0.25, 0.3) is 0 Å². The van der Waals surface area contributed by atoms with Gasteiger partial charge in [0.1, 0.15) is 0 Å². The van der Waals surface area contributed by atoms with E-state index in [1.54, 1.807) is 7.17 Å². The molecule has 3 heteroatoms. The van der Waals surface area contributed by atoms with E-state index in [4.69, 9.17) is 7.74 Å². The molecule has 0 atom stereocenters. The fourth-order valence-corrected chi connectivity index (χ4v) is 1.40. The third kappa shape index (κ3) is 2.38. The van der Waals surface area contributed by atoms with E-state index in [2.05, 4.69) is 17.4 Å². The molecule has 2 rings (SSSR count). The van der Waals surface area contributed by atoms with Crippen molar-refractivity contribution in [1.29, 1.82) is 0 Å². The molecule has 0 unspecified atom stereocenters. The van der Waals surface area contributed by atoms with E-state index in [1.807, 2.05) is 12.1 Å². The highest BCUT2D eigenvalue weighted by molar-refractivity contribution is 6.97.